The van der Waals surface area contributed by atoms with Crippen LogP contribution in [-0.2, 0) is 20.9 Å². The van der Waals surface area contributed by atoms with Crippen molar-refractivity contribution in [1.29, 1.82) is 0 Å². The van der Waals surface area contributed by atoms with Crippen molar-refractivity contribution in [2.45, 2.75) is 32.6 Å². The van der Waals surface area contributed by atoms with Crippen LogP contribution in [0.1, 0.15) is 17.4 Å². The van der Waals surface area contributed by atoms with E-state index in [4.69, 9.17) is 9.47 Å². The fraction of sp³-hybridized carbons (Fsp3) is 0.333. The zero-order valence-electron chi connectivity index (χ0n) is 11.7. The summed E-state index contributed by atoms with van der Waals surface area (Å²) < 4.78 is 11.1. The molecule has 0 aliphatic carbocycles. The molecule has 0 spiro atoms. The summed E-state index contributed by atoms with van der Waals surface area (Å²) in [4.78, 5) is 23.7. The summed E-state index contributed by atoms with van der Waals surface area (Å²) in [5.41, 5.74) is 1.20. The number of nitrogens with one attached hydrogen (secondary N) is 1. The highest BCUT2D eigenvalue weighted by Crippen LogP contribution is 2.27. The Labute approximate surface area is 125 Å². The summed E-state index contributed by atoms with van der Waals surface area (Å²) in [5, 5.41) is 3.65. The predicted molar refractivity (Wildman–Crippen MR) is 79.2 cm³/mol. The molecule has 0 bridgehead atoms. The lowest BCUT2D eigenvalue weighted by atomic mass is 10.1. The van der Waals surface area contributed by atoms with Crippen molar-refractivity contribution in [3.63, 3.8) is 0 Å². The van der Waals surface area contributed by atoms with Crippen molar-refractivity contribution in [3.05, 3.63) is 34.7 Å². The Morgan fingerprint density at radius 1 is 1.43 bits per heavy atom. The maximum atomic E-state index is 11.6. The third kappa shape index (κ3) is 2.85. The molecular weight excluding hydrogens is 290 g/mol. The average molecular weight is 305 g/mol. The molecule has 1 aliphatic rings. The maximum absolute atomic E-state index is 11.6. The second-order valence-electron chi connectivity index (χ2n) is 5.09. The number of esters is 1. The minimum atomic E-state index is -0.600. The number of fused-ring (bicyclic) bond motifs is 1. The minimum Gasteiger partial charge on any atom is -0.458 e. The van der Waals surface area contributed by atoms with Gasteiger partial charge in [-0.15, -0.1) is 11.3 Å². The average Bonchev–Trinajstić information content (AvgIpc) is 2.84. The largest absolute Gasteiger partial charge is 0.458 e. The van der Waals surface area contributed by atoms with Crippen LogP contribution >= 0.6 is 11.3 Å². The van der Waals surface area contributed by atoms with Crippen LogP contribution in [0.3, 0.4) is 0 Å². The first-order chi connectivity index (χ1) is 10.0. The lowest BCUT2D eigenvalue weighted by Gasteiger charge is -2.32. The number of thiophene rings is 1. The number of ether oxygens (including phenoxy) is 2. The Kier molecular flexibility index (Phi) is 3.55. The number of amides is 1. The van der Waals surface area contributed by atoms with Gasteiger partial charge in [-0.2, -0.15) is 0 Å². The number of aryl methyl sites for hydroxylation is 1. The summed E-state index contributed by atoms with van der Waals surface area (Å²) in [5.74, 6) is -0.420. The van der Waals surface area contributed by atoms with Gasteiger partial charge in [-0.25, -0.2) is 9.59 Å². The van der Waals surface area contributed by atoms with Crippen LogP contribution in [0.4, 0.5) is 4.79 Å². The second kappa shape index (κ2) is 5.37. The number of cyclic esters (lactones) is 1. The molecule has 0 radical (unpaired) electrons. The molecule has 6 heteroatoms. The molecule has 2 atom stereocenters. The van der Waals surface area contributed by atoms with E-state index in [9.17, 15) is 9.59 Å². The van der Waals surface area contributed by atoms with Crippen molar-refractivity contribution >= 4 is 33.5 Å². The van der Waals surface area contributed by atoms with Gasteiger partial charge in [0.15, 0.2) is 6.04 Å². The van der Waals surface area contributed by atoms with Crippen LogP contribution in [0.25, 0.3) is 10.1 Å². The molecule has 21 heavy (non-hydrogen) atoms. The van der Waals surface area contributed by atoms with Gasteiger partial charge in [0.05, 0.1) is 0 Å². The Morgan fingerprint density at radius 2 is 2.24 bits per heavy atom. The Bertz CT molecular complexity index is 709. The molecule has 3 rings (SSSR count). The topological polar surface area (TPSA) is 64.6 Å². The number of hydrogen-bond acceptors (Lipinski definition) is 5. The van der Waals surface area contributed by atoms with E-state index in [2.05, 4.69) is 23.5 Å². The van der Waals surface area contributed by atoms with E-state index < -0.39 is 18.1 Å². The zero-order valence-corrected chi connectivity index (χ0v) is 12.5. The first-order valence-electron chi connectivity index (χ1n) is 6.66. The van der Waals surface area contributed by atoms with Crippen molar-refractivity contribution in [1.82, 2.24) is 5.32 Å². The van der Waals surface area contributed by atoms with E-state index in [0.29, 0.717) is 0 Å². The quantitative estimate of drug-likeness (QED) is 0.886. The van der Waals surface area contributed by atoms with E-state index in [0.717, 1.165) is 15.0 Å². The van der Waals surface area contributed by atoms with Crippen LogP contribution in [0.15, 0.2) is 24.3 Å². The van der Waals surface area contributed by atoms with Gasteiger partial charge >= 0.3 is 12.1 Å². The van der Waals surface area contributed by atoms with Crippen molar-refractivity contribution < 1.29 is 19.1 Å². The number of rotatable bonds is 3. The molecule has 0 unspecified atom stereocenters. The van der Waals surface area contributed by atoms with Gasteiger partial charge in [0.2, 0.25) is 0 Å². The number of benzene rings is 1. The molecule has 1 saturated heterocycles. The molecule has 1 aromatic carbocycles. The molecule has 1 N–H and O–H groups in total. The fourth-order valence-corrected chi connectivity index (χ4v) is 3.17. The Balaban J connectivity index is 1.58. The monoisotopic (exact) mass is 305 g/mol. The van der Waals surface area contributed by atoms with E-state index in [1.807, 2.05) is 13.0 Å². The van der Waals surface area contributed by atoms with Crippen molar-refractivity contribution in [2.75, 3.05) is 0 Å². The SMILES string of the molecule is Cc1ccc2sc(COC(=O)N[C@H]3C(=O)O[C@H]3C)cc2c1. The summed E-state index contributed by atoms with van der Waals surface area (Å²) in [6.07, 6.45) is -0.894. The number of alkyl carbamates (subject to hydrolysis) is 1. The van der Waals surface area contributed by atoms with Crippen LogP contribution in [0.5, 0.6) is 0 Å². The van der Waals surface area contributed by atoms with Gasteiger partial charge in [-0.1, -0.05) is 17.7 Å². The lowest BCUT2D eigenvalue weighted by molar-refractivity contribution is -0.174. The third-order valence-corrected chi connectivity index (χ3v) is 4.46. The highest BCUT2D eigenvalue weighted by atomic mass is 32.1. The highest BCUT2D eigenvalue weighted by molar-refractivity contribution is 7.19. The van der Waals surface area contributed by atoms with E-state index >= 15 is 0 Å². The summed E-state index contributed by atoms with van der Waals surface area (Å²) >= 11 is 1.59. The summed E-state index contributed by atoms with van der Waals surface area (Å²) in [6.45, 7) is 3.96. The van der Waals surface area contributed by atoms with Crippen molar-refractivity contribution in [3.8, 4) is 0 Å². The van der Waals surface area contributed by atoms with Gasteiger partial charge < -0.3 is 14.8 Å². The second-order valence-corrected chi connectivity index (χ2v) is 6.26. The molecule has 2 heterocycles. The molecule has 1 aliphatic heterocycles. The fourth-order valence-electron chi connectivity index (χ4n) is 2.21. The first-order valence-corrected chi connectivity index (χ1v) is 7.47. The molecular formula is C15H15NO4S. The number of hydrogen-bond donors (Lipinski definition) is 1. The number of carbonyl (C=O) groups is 2. The number of carbonyl (C=O) groups excluding carboxylic acids is 2. The summed E-state index contributed by atoms with van der Waals surface area (Å²) in [7, 11) is 0. The van der Waals surface area contributed by atoms with Crippen LogP contribution < -0.4 is 5.32 Å². The molecule has 1 amide bonds. The lowest BCUT2D eigenvalue weighted by Crippen LogP contribution is -2.58. The van der Waals surface area contributed by atoms with Gasteiger partial charge in [0.25, 0.3) is 0 Å². The van der Waals surface area contributed by atoms with Gasteiger partial charge in [-0.3, -0.25) is 0 Å². The van der Waals surface area contributed by atoms with E-state index in [-0.39, 0.29) is 12.7 Å². The first kappa shape index (κ1) is 13.9. The Hall–Kier alpha value is -2.08. The van der Waals surface area contributed by atoms with Crippen LogP contribution in [0, 0.1) is 6.92 Å². The normalized spacial score (nSPS) is 20.8. The smallest absolute Gasteiger partial charge is 0.408 e. The van der Waals surface area contributed by atoms with Crippen molar-refractivity contribution in [2.24, 2.45) is 0 Å². The highest BCUT2D eigenvalue weighted by Gasteiger charge is 2.40. The third-order valence-electron chi connectivity index (χ3n) is 3.37. The maximum Gasteiger partial charge on any atom is 0.408 e. The minimum absolute atomic E-state index is 0.195. The van der Waals surface area contributed by atoms with E-state index in [1.165, 1.54) is 5.56 Å². The van der Waals surface area contributed by atoms with E-state index in [1.54, 1.807) is 18.3 Å². The predicted octanol–water partition coefficient (Wildman–Crippen LogP) is 2.75. The van der Waals surface area contributed by atoms with Crippen LogP contribution in [0.2, 0.25) is 0 Å². The van der Waals surface area contributed by atoms with Gasteiger partial charge in [0.1, 0.15) is 12.7 Å². The summed E-state index contributed by atoms with van der Waals surface area (Å²) in [6, 6.07) is 7.63. The van der Waals surface area contributed by atoms with Gasteiger partial charge in [-0.05, 0) is 31.4 Å². The molecule has 0 saturated carbocycles. The van der Waals surface area contributed by atoms with Gasteiger partial charge in [0, 0.05) is 9.58 Å². The molecule has 5 nitrogen and oxygen atoms in total. The molecule has 1 fully saturated rings. The standard InChI is InChI=1S/C15H15NO4S/c1-8-3-4-12-10(5-8)6-11(21-12)7-19-15(18)16-13-9(2)20-14(13)17/h3-6,9,13H,7H2,1-2H3,(H,16,18)/t9-,13+/m0/s1. The molecule has 110 valence electrons. The van der Waals surface area contributed by atoms with Crippen LogP contribution in [-0.4, -0.2) is 24.2 Å². The Morgan fingerprint density at radius 3 is 2.95 bits per heavy atom. The zero-order chi connectivity index (χ0) is 15.0. The molecule has 1 aromatic heterocycles. The molecule has 2 aromatic rings.